The van der Waals surface area contributed by atoms with E-state index in [1.807, 2.05) is 0 Å². The molecule has 3 unspecified atom stereocenters. The third kappa shape index (κ3) is 3.44. The quantitative estimate of drug-likeness (QED) is 0.774. The molecule has 3 heteroatoms. The van der Waals surface area contributed by atoms with Gasteiger partial charge in [0.2, 0.25) is 5.91 Å². The molecule has 1 saturated heterocycles. The molecule has 0 bridgehead atoms. The molecule has 1 N–H and O–H groups in total. The zero-order valence-electron chi connectivity index (χ0n) is 12.0. The second-order valence-corrected chi connectivity index (χ2v) is 5.70. The van der Waals surface area contributed by atoms with Crippen molar-refractivity contribution < 1.29 is 4.79 Å². The molecule has 0 spiro atoms. The van der Waals surface area contributed by atoms with Crippen molar-refractivity contribution in [2.75, 3.05) is 6.54 Å². The predicted octanol–water partition coefficient (Wildman–Crippen LogP) is 2.62. The fraction of sp³-hybridized carbons (Fsp3) is 0.929. The van der Waals surface area contributed by atoms with E-state index in [1.54, 1.807) is 0 Å². The summed E-state index contributed by atoms with van der Waals surface area (Å²) in [6, 6.07) is 0.0237. The van der Waals surface area contributed by atoms with E-state index in [0.29, 0.717) is 17.7 Å². The summed E-state index contributed by atoms with van der Waals surface area (Å²) < 4.78 is 0. The molecule has 0 aromatic rings. The van der Waals surface area contributed by atoms with Gasteiger partial charge in [0.05, 0.1) is 12.2 Å². The molecule has 100 valence electrons. The lowest BCUT2D eigenvalue weighted by Gasteiger charge is -2.26. The maximum atomic E-state index is 12.3. The van der Waals surface area contributed by atoms with E-state index < -0.39 is 0 Å². The number of carbonyl (C=O) groups excluding carboxylic acids is 1. The summed E-state index contributed by atoms with van der Waals surface area (Å²) >= 11 is 0. The highest BCUT2D eigenvalue weighted by Crippen LogP contribution is 2.21. The van der Waals surface area contributed by atoms with Crippen LogP contribution in [0.2, 0.25) is 0 Å². The monoisotopic (exact) mass is 240 g/mol. The third-order valence-corrected chi connectivity index (χ3v) is 3.73. The minimum atomic E-state index is 0.0237. The number of rotatable bonds is 6. The lowest BCUT2D eigenvalue weighted by molar-refractivity contribution is -0.131. The van der Waals surface area contributed by atoms with Crippen LogP contribution in [0.3, 0.4) is 0 Å². The molecular weight excluding hydrogens is 212 g/mol. The number of nitrogens with zero attached hydrogens (tertiary/aromatic N) is 1. The molecule has 1 fully saturated rings. The number of hydrogen-bond donors (Lipinski definition) is 1. The highest BCUT2D eigenvalue weighted by Gasteiger charge is 2.39. The lowest BCUT2D eigenvalue weighted by atomic mass is 10.0. The van der Waals surface area contributed by atoms with Crippen LogP contribution in [0, 0.1) is 11.8 Å². The van der Waals surface area contributed by atoms with Crippen LogP contribution in [0.4, 0.5) is 0 Å². The van der Waals surface area contributed by atoms with Gasteiger partial charge in [-0.3, -0.25) is 10.1 Å². The maximum absolute atomic E-state index is 12.3. The van der Waals surface area contributed by atoms with Crippen LogP contribution in [-0.2, 0) is 4.79 Å². The van der Waals surface area contributed by atoms with E-state index in [2.05, 4.69) is 44.8 Å². The number of nitrogens with one attached hydrogen (secondary N) is 1. The molecule has 1 amide bonds. The molecule has 1 rings (SSSR count). The summed E-state index contributed by atoms with van der Waals surface area (Å²) in [6.45, 7) is 11.7. The second kappa shape index (κ2) is 6.39. The normalized spacial score (nSPS) is 26.9. The topological polar surface area (TPSA) is 32.3 Å². The van der Waals surface area contributed by atoms with Gasteiger partial charge in [0, 0.05) is 6.54 Å². The standard InChI is InChI=1S/C14H28N2O/c1-6-8-12-15-13(10(3)4)14(17)16(12)9-11(5)7-2/h10-13,15H,6-9H2,1-5H3. The summed E-state index contributed by atoms with van der Waals surface area (Å²) in [5.74, 6) is 1.27. The first-order valence-corrected chi connectivity index (χ1v) is 7.07. The molecule has 0 aliphatic carbocycles. The molecule has 0 saturated carbocycles. The Morgan fingerprint density at radius 2 is 1.94 bits per heavy atom. The molecule has 3 nitrogen and oxygen atoms in total. The molecule has 0 radical (unpaired) electrons. The van der Waals surface area contributed by atoms with Gasteiger partial charge in [-0.1, -0.05) is 47.5 Å². The van der Waals surface area contributed by atoms with Gasteiger partial charge in [-0.05, 0) is 18.3 Å². The van der Waals surface area contributed by atoms with Gasteiger partial charge in [0.25, 0.3) is 0 Å². The molecule has 3 atom stereocenters. The summed E-state index contributed by atoms with van der Waals surface area (Å²) in [6.07, 6.45) is 3.57. The Hall–Kier alpha value is -0.570. The summed E-state index contributed by atoms with van der Waals surface area (Å²) in [7, 11) is 0. The van der Waals surface area contributed by atoms with E-state index in [1.165, 1.54) is 0 Å². The smallest absolute Gasteiger partial charge is 0.241 e. The van der Waals surface area contributed by atoms with Crippen molar-refractivity contribution in [2.45, 2.75) is 66.1 Å². The maximum Gasteiger partial charge on any atom is 0.241 e. The van der Waals surface area contributed by atoms with Gasteiger partial charge >= 0.3 is 0 Å². The number of hydrogen-bond acceptors (Lipinski definition) is 2. The molecular formula is C14H28N2O. The van der Waals surface area contributed by atoms with E-state index in [0.717, 1.165) is 25.8 Å². The van der Waals surface area contributed by atoms with Crippen LogP contribution in [-0.4, -0.2) is 29.6 Å². The zero-order valence-corrected chi connectivity index (χ0v) is 12.0. The average molecular weight is 240 g/mol. The minimum absolute atomic E-state index is 0.0237. The number of carbonyl (C=O) groups is 1. The van der Waals surface area contributed by atoms with Gasteiger partial charge in [-0.15, -0.1) is 0 Å². The van der Waals surface area contributed by atoms with E-state index in [4.69, 9.17) is 0 Å². The van der Waals surface area contributed by atoms with E-state index >= 15 is 0 Å². The fourth-order valence-corrected chi connectivity index (χ4v) is 2.37. The van der Waals surface area contributed by atoms with E-state index in [9.17, 15) is 4.79 Å². The van der Waals surface area contributed by atoms with Crippen LogP contribution < -0.4 is 5.32 Å². The van der Waals surface area contributed by atoms with Crippen LogP contribution in [0.15, 0.2) is 0 Å². The Bertz CT molecular complexity index is 253. The highest BCUT2D eigenvalue weighted by atomic mass is 16.2. The predicted molar refractivity (Wildman–Crippen MR) is 71.6 cm³/mol. The highest BCUT2D eigenvalue weighted by molar-refractivity contribution is 5.84. The number of amides is 1. The minimum Gasteiger partial charge on any atom is -0.326 e. The summed E-state index contributed by atoms with van der Waals surface area (Å²) in [4.78, 5) is 14.4. The van der Waals surface area contributed by atoms with Crippen molar-refractivity contribution >= 4 is 5.91 Å². The van der Waals surface area contributed by atoms with Crippen molar-refractivity contribution in [1.82, 2.24) is 10.2 Å². The third-order valence-electron chi connectivity index (χ3n) is 3.73. The Labute approximate surface area is 106 Å². The SMILES string of the molecule is CCCC1NC(C(C)C)C(=O)N1CC(C)CC. The average Bonchev–Trinajstić information content (AvgIpc) is 2.58. The van der Waals surface area contributed by atoms with Gasteiger partial charge < -0.3 is 4.90 Å². The van der Waals surface area contributed by atoms with Gasteiger partial charge in [0.15, 0.2) is 0 Å². The zero-order chi connectivity index (χ0) is 13.0. The summed E-state index contributed by atoms with van der Waals surface area (Å²) in [5, 5.41) is 3.50. The Morgan fingerprint density at radius 1 is 1.29 bits per heavy atom. The van der Waals surface area contributed by atoms with Crippen molar-refractivity contribution in [3.8, 4) is 0 Å². The molecule has 1 aliphatic heterocycles. The van der Waals surface area contributed by atoms with Gasteiger partial charge in [-0.2, -0.15) is 0 Å². The fourth-order valence-electron chi connectivity index (χ4n) is 2.37. The van der Waals surface area contributed by atoms with Crippen LogP contribution in [0.25, 0.3) is 0 Å². The molecule has 1 heterocycles. The summed E-state index contributed by atoms with van der Waals surface area (Å²) in [5.41, 5.74) is 0. The first kappa shape index (κ1) is 14.5. The van der Waals surface area contributed by atoms with Crippen LogP contribution >= 0.6 is 0 Å². The second-order valence-electron chi connectivity index (χ2n) is 5.70. The van der Waals surface area contributed by atoms with Crippen LogP contribution in [0.1, 0.15) is 53.9 Å². The first-order chi connectivity index (χ1) is 8.01. The lowest BCUT2D eigenvalue weighted by Crippen LogP contribution is -2.39. The van der Waals surface area contributed by atoms with Crippen molar-refractivity contribution in [1.29, 1.82) is 0 Å². The van der Waals surface area contributed by atoms with Crippen molar-refractivity contribution in [3.63, 3.8) is 0 Å². The van der Waals surface area contributed by atoms with Crippen LogP contribution in [0.5, 0.6) is 0 Å². The largest absolute Gasteiger partial charge is 0.326 e. The van der Waals surface area contributed by atoms with Crippen molar-refractivity contribution in [3.05, 3.63) is 0 Å². The van der Waals surface area contributed by atoms with Crippen molar-refractivity contribution in [2.24, 2.45) is 11.8 Å². The molecule has 0 aromatic carbocycles. The molecule has 1 aliphatic rings. The molecule has 0 aromatic heterocycles. The Kier molecular flexibility index (Phi) is 5.44. The Balaban J connectivity index is 2.71. The van der Waals surface area contributed by atoms with Gasteiger partial charge in [-0.25, -0.2) is 0 Å². The first-order valence-electron chi connectivity index (χ1n) is 7.07. The van der Waals surface area contributed by atoms with Gasteiger partial charge in [0.1, 0.15) is 0 Å². The Morgan fingerprint density at radius 3 is 2.41 bits per heavy atom. The molecule has 17 heavy (non-hydrogen) atoms. The van der Waals surface area contributed by atoms with E-state index in [-0.39, 0.29) is 12.2 Å².